The van der Waals surface area contributed by atoms with E-state index < -0.39 is 0 Å². The Kier molecular flexibility index (Phi) is 1.85. The van der Waals surface area contributed by atoms with Crippen molar-refractivity contribution in [3.63, 3.8) is 0 Å². The lowest BCUT2D eigenvalue weighted by molar-refractivity contribution is 0.433. The number of allylic oxidation sites excluding steroid dienone is 4. The summed E-state index contributed by atoms with van der Waals surface area (Å²) in [7, 11) is 0. The number of hydrogen-bond donors (Lipinski definition) is 0. The first-order chi connectivity index (χ1) is 4.88. The predicted molar refractivity (Wildman–Crippen MR) is 52.3 cm³/mol. The molecule has 10 heavy (non-hydrogen) atoms. The summed E-state index contributed by atoms with van der Waals surface area (Å²) in [4.78, 5) is 0. The van der Waals surface area contributed by atoms with E-state index in [0.29, 0.717) is 0 Å². The Balaban J connectivity index is 2.18. The predicted octanol–water partition coefficient (Wildman–Crippen LogP) is 2.94. The number of rotatable bonds is 0. The van der Waals surface area contributed by atoms with Gasteiger partial charge < -0.3 is 0 Å². The van der Waals surface area contributed by atoms with Crippen LogP contribution in [0.1, 0.15) is 12.8 Å². The van der Waals surface area contributed by atoms with Gasteiger partial charge in [-0.2, -0.15) is 0 Å². The largest absolute Gasteiger partial charge is 0.0879 e. The first-order valence-electron chi connectivity index (χ1n) is 3.85. The van der Waals surface area contributed by atoms with Gasteiger partial charge in [-0.05, 0) is 24.7 Å². The van der Waals surface area contributed by atoms with Crippen molar-refractivity contribution >= 4 is 22.6 Å². The summed E-state index contributed by atoms with van der Waals surface area (Å²) < 4.78 is 0.784. The van der Waals surface area contributed by atoms with Crippen LogP contribution in [0.3, 0.4) is 0 Å². The SMILES string of the molecule is IC1C=CCC2C=CCC12. The maximum atomic E-state index is 2.55. The molecule has 0 aromatic carbocycles. The smallest absolute Gasteiger partial charge is 0.0326 e. The third-order valence-corrected chi connectivity index (χ3v) is 3.82. The molecule has 0 amide bonds. The second-order valence-electron chi connectivity index (χ2n) is 3.10. The van der Waals surface area contributed by atoms with E-state index in [1.54, 1.807) is 0 Å². The third-order valence-electron chi connectivity index (χ3n) is 2.48. The highest BCUT2D eigenvalue weighted by atomic mass is 127. The first-order valence-corrected chi connectivity index (χ1v) is 5.10. The molecule has 0 spiro atoms. The molecule has 2 rings (SSSR count). The van der Waals surface area contributed by atoms with Crippen LogP contribution in [-0.2, 0) is 0 Å². The average Bonchev–Trinajstić information content (AvgIpc) is 2.36. The van der Waals surface area contributed by atoms with Crippen molar-refractivity contribution in [2.24, 2.45) is 11.8 Å². The fourth-order valence-electron chi connectivity index (χ4n) is 1.86. The van der Waals surface area contributed by atoms with Gasteiger partial charge in [-0.15, -0.1) is 0 Å². The lowest BCUT2D eigenvalue weighted by atomic mass is 9.86. The molecule has 3 unspecified atom stereocenters. The quantitative estimate of drug-likeness (QED) is 0.350. The molecule has 0 aliphatic heterocycles. The standard InChI is InChI=1S/C9H11I/c10-9-6-2-4-7-3-1-5-8(7)9/h1-3,6-9H,4-5H2. The molecule has 0 N–H and O–H groups in total. The Morgan fingerprint density at radius 1 is 1.10 bits per heavy atom. The van der Waals surface area contributed by atoms with Crippen LogP contribution in [-0.4, -0.2) is 3.92 Å². The molecule has 0 heterocycles. The van der Waals surface area contributed by atoms with E-state index in [4.69, 9.17) is 0 Å². The summed E-state index contributed by atoms with van der Waals surface area (Å²) in [6.45, 7) is 0. The fraction of sp³-hybridized carbons (Fsp3) is 0.556. The van der Waals surface area contributed by atoms with Gasteiger partial charge in [0.2, 0.25) is 0 Å². The Morgan fingerprint density at radius 3 is 2.70 bits per heavy atom. The van der Waals surface area contributed by atoms with E-state index in [0.717, 1.165) is 15.8 Å². The van der Waals surface area contributed by atoms with E-state index >= 15 is 0 Å². The maximum absolute atomic E-state index is 2.55. The zero-order valence-electron chi connectivity index (χ0n) is 5.83. The van der Waals surface area contributed by atoms with Crippen LogP contribution in [0.5, 0.6) is 0 Å². The van der Waals surface area contributed by atoms with E-state index in [1.807, 2.05) is 0 Å². The van der Waals surface area contributed by atoms with Crippen molar-refractivity contribution < 1.29 is 0 Å². The number of fused-ring (bicyclic) bond motifs is 1. The fourth-order valence-corrected chi connectivity index (χ4v) is 2.98. The Labute approximate surface area is 75.5 Å². The molecular formula is C9H11I. The normalized spacial score (nSPS) is 43.9. The molecule has 0 radical (unpaired) electrons. The van der Waals surface area contributed by atoms with Gasteiger partial charge in [0, 0.05) is 3.92 Å². The molecule has 0 bridgehead atoms. The highest BCUT2D eigenvalue weighted by molar-refractivity contribution is 14.1. The molecule has 0 saturated carbocycles. The molecule has 0 saturated heterocycles. The van der Waals surface area contributed by atoms with Crippen molar-refractivity contribution in [2.45, 2.75) is 16.8 Å². The van der Waals surface area contributed by atoms with Crippen LogP contribution in [0.25, 0.3) is 0 Å². The van der Waals surface area contributed by atoms with Gasteiger partial charge in [-0.3, -0.25) is 0 Å². The molecule has 0 aromatic heterocycles. The van der Waals surface area contributed by atoms with Crippen LogP contribution in [0.4, 0.5) is 0 Å². The van der Waals surface area contributed by atoms with Gasteiger partial charge in [0.05, 0.1) is 0 Å². The summed E-state index contributed by atoms with van der Waals surface area (Å²) in [5.74, 6) is 1.79. The topological polar surface area (TPSA) is 0 Å². The zero-order chi connectivity index (χ0) is 6.97. The number of hydrogen-bond acceptors (Lipinski definition) is 0. The van der Waals surface area contributed by atoms with Gasteiger partial charge in [0.1, 0.15) is 0 Å². The lowest BCUT2D eigenvalue weighted by Gasteiger charge is -2.25. The molecular weight excluding hydrogens is 235 g/mol. The van der Waals surface area contributed by atoms with Crippen LogP contribution < -0.4 is 0 Å². The van der Waals surface area contributed by atoms with Gasteiger partial charge in [-0.1, -0.05) is 46.9 Å². The third kappa shape index (κ3) is 1.04. The molecule has 3 atom stereocenters. The van der Waals surface area contributed by atoms with E-state index in [1.165, 1.54) is 12.8 Å². The lowest BCUT2D eigenvalue weighted by Crippen LogP contribution is -2.20. The molecule has 2 aliphatic rings. The summed E-state index contributed by atoms with van der Waals surface area (Å²) in [6, 6.07) is 0. The van der Waals surface area contributed by atoms with Crippen LogP contribution in [0.15, 0.2) is 24.3 Å². The Bertz CT molecular complexity index is 181. The highest BCUT2D eigenvalue weighted by Gasteiger charge is 2.28. The molecule has 0 nitrogen and oxygen atoms in total. The summed E-state index contributed by atoms with van der Waals surface area (Å²) in [5, 5.41) is 0. The minimum atomic E-state index is 0.784. The van der Waals surface area contributed by atoms with E-state index in [9.17, 15) is 0 Å². The Morgan fingerprint density at radius 2 is 1.90 bits per heavy atom. The first kappa shape index (κ1) is 6.89. The van der Waals surface area contributed by atoms with Crippen molar-refractivity contribution in [3.8, 4) is 0 Å². The van der Waals surface area contributed by atoms with Gasteiger partial charge in [-0.25, -0.2) is 0 Å². The van der Waals surface area contributed by atoms with Crippen molar-refractivity contribution in [3.05, 3.63) is 24.3 Å². The molecule has 2 aliphatic carbocycles. The number of halogens is 1. The Hall–Kier alpha value is 0.210. The van der Waals surface area contributed by atoms with Crippen LogP contribution in [0.2, 0.25) is 0 Å². The average molecular weight is 246 g/mol. The number of alkyl halides is 1. The monoisotopic (exact) mass is 246 g/mol. The van der Waals surface area contributed by atoms with Crippen molar-refractivity contribution in [1.82, 2.24) is 0 Å². The molecule has 1 heteroatoms. The van der Waals surface area contributed by atoms with E-state index in [-0.39, 0.29) is 0 Å². The van der Waals surface area contributed by atoms with Crippen LogP contribution >= 0.6 is 22.6 Å². The van der Waals surface area contributed by atoms with Crippen molar-refractivity contribution in [1.29, 1.82) is 0 Å². The second kappa shape index (κ2) is 2.68. The van der Waals surface area contributed by atoms with Gasteiger partial charge >= 0.3 is 0 Å². The second-order valence-corrected chi connectivity index (χ2v) is 4.54. The van der Waals surface area contributed by atoms with Crippen LogP contribution in [0, 0.1) is 11.8 Å². The minimum Gasteiger partial charge on any atom is -0.0879 e. The summed E-state index contributed by atoms with van der Waals surface area (Å²) >= 11 is 2.55. The highest BCUT2D eigenvalue weighted by Crippen LogP contribution is 2.38. The van der Waals surface area contributed by atoms with Gasteiger partial charge in [0.25, 0.3) is 0 Å². The summed E-state index contributed by atoms with van der Waals surface area (Å²) in [5.41, 5.74) is 0. The summed E-state index contributed by atoms with van der Waals surface area (Å²) in [6.07, 6.45) is 12.0. The molecule has 54 valence electrons. The maximum Gasteiger partial charge on any atom is 0.0326 e. The van der Waals surface area contributed by atoms with Gasteiger partial charge in [0.15, 0.2) is 0 Å². The van der Waals surface area contributed by atoms with E-state index in [2.05, 4.69) is 46.9 Å². The molecule has 0 aromatic rings. The van der Waals surface area contributed by atoms with Crippen molar-refractivity contribution in [2.75, 3.05) is 0 Å². The molecule has 0 fully saturated rings. The zero-order valence-corrected chi connectivity index (χ0v) is 7.99. The minimum absolute atomic E-state index is 0.784.